The lowest BCUT2D eigenvalue weighted by Gasteiger charge is -2.48. The molecule has 1 heterocycles. The average Bonchev–Trinajstić information content (AvgIpc) is 3.67. The number of fused-ring (bicyclic) bond motifs is 2. The predicted molar refractivity (Wildman–Crippen MR) is 167 cm³/mol. The van der Waals surface area contributed by atoms with Crippen LogP contribution in [0.1, 0.15) is 105 Å². The number of carbonyl (C=O) groups excluding carboxylic acids is 2. The highest BCUT2D eigenvalue weighted by molar-refractivity contribution is 5.91. The van der Waals surface area contributed by atoms with E-state index >= 15 is 0 Å². The van der Waals surface area contributed by atoms with E-state index in [9.17, 15) is 24.6 Å². The Bertz CT molecular complexity index is 1140. The van der Waals surface area contributed by atoms with Gasteiger partial charge in [-0.25, -0.2) is 0 Å². The van der Waals surface area contributed by atoms with Gasteiger partial charge in [0.15, 0.2) is 12.4 Å². The Morgan fingerprint density at radius 3 is 2.40 bits per heavy atom. The molecule has 254 valence electrons. The number of carboxylic acid groups (broad SMARTS) is 1. The first kappa shape index (κ1) is 34.5. The number of esters is 1. The van der Waals surface area contributed by atoms with Gasteiger partial charge in [-0.1, -0.05) is 84.3 Å². The lowest BCUT2D eigenvalue weighted by atomic mass is 9.55. The van der Waals surface area contributed by atoms with Gasteiger partial charge < -0.3 is 34.0 Å². The number of rotatable bonds is 16. The number of carbonyl (C=O) groups is 3. The highest BCUT2D eigenvalue weighted by Crippen LogP contribution is 2.87. The lowest BCUT2D eigenvalue weighted by molar-refractivity contribution is -0.308. The SMILES string of the molecule is CCCCCCCCCC(=O)O[C@H]1[C@H](O)[C@H](OCC23C4C=C(C(C)C)C2(C(=O)O)C(C=O)(C4)[C@@H]2CC[C@@H](C)[C@H]23)O[C@H](C)[C@H]1OC. The summed E-state index contributed by atoms with van der Waals surface area (Å²) in [5, 5.41) is 22.7. The van der Waals surface area contributed by atoms with Crippen molar-refractivity contribution in [3.63, 3.8) is 0 Å². The van der Waals surface area contributed by atoms with Crippen LogP contribution in [-0.2, 0) is 33.3 Å². The number of unbranched alkanes of at least 4 members (excludes halogenated alkanes) is 6. The number of aldehydes is 1. The second-order valence-corrected chi connectivity index (χ2v) is 15.1. The lowest BCUT2D eigenvalue weighted by Crippen LogP contribution is -2.60. The van der Waals surface area contributed by atoms with Crippen molar-refractivity contribution in [3.8, 4) is 0 Å². The summed E-state index contributed by atoms with van der Waals surface area (Å²) in [7, 11) is 1.50. The number of methoxy groups -OCH3 is 1. The molecule has 4 unspecified atom stereocenters. The van der Waals surface area contributed by atoms with Gasteiger partial charge in [0.1, 0.15) is 23.9 Å². The van der Waals surface area contributed by atoms with E-state index in [4.69, 9.17) is 18.9 Å². The van der Waals surface area contributed by atoms with Gasteiger partial charge in [0.05, 0.1) is 18.1 Å². The number of hydrogen-bond acceptors (Lipinski definition) is 8. The van der Waals surface area contributed by atoms with Gasteiger partial charge >= 0.3 is 11.9 Å². The van der Waals surface area contributed by atoms with E-state index in [0.29, 0.717) is 6.42 Å². The molecule has 5 rings (SSSR count). The Morgan fingerprint density at radius 2 is 1.78 bits per heavy atom. The van der Waals surface area contributed by atoms with E-state index in [2.05, 4.69) is 19.9 Å². The minimum atomic E-state index is -1.37. The van der Waals surface area contributed by atoms with E-state index in [1.54, 1.807) is 6.92 Å². The van der Waals surface area contributed by atoms with Gasteiger partial charge in [0.2, 0.25) is 0 Å². The first-order chi connectivity index (χ1) is 21.5. The highest BCUT2D eigenvalue weighted by Gasteiger charge is 2.89. The van der Waals surface area contributed by atoms with Crippen LogP contribution in [0.4, 0.5) is 0 Å². The van der Waals surface area contributed by atoms with Crippen LogP contribution in [0.3, 0.4) is 0 Å². The maximum absolute atomic E-state index is 13.7. The molecule has 0 aromatic rings. The molecule has 0 radical (unpaired) electrons. The van der Waals surface area contributed by atoms with Crippen molar-refractivity contribution in [2.24, 2.45) is 45.8 Å². The largest absolute Gasteiger partial charge is 0.481 e. The molecule has 3 saturated carbocycles. The van der Waals surface area contributed by atoms with Crippen molar-refractivity contribution >= 4 is 18.2 Å². The summed E-state index contributed by atoms with van der Waals surface area (Å²) in [4.78, 5) is 39.7. The summed E-state index contributed by atoms with van der Waals surface area (Å²) in [6.07, 6.45) is 8.50. The molecule has 4 aliphatic carbocycles. The van der Waals surface area contributed by atoms with Crippen molar-refractivity contribution in [3.05, 3.63) is 11.6 Å². The molecule has 0 aromatic heterocycles. The summed E-state index contributed by atoms with van der Waals surface area (Å²) in [5.41, 5.74) is -2.36. The molecule has 4 bridgehead atoms. The Morgan fingerprint density at radius 1 is 1.09 bits per heavy atom. The van der Waals surface area contributed by atoms with Crippen LogP contribution in [0, 0.1) is 45.8 Å². The maximum Gasteiger partial charge on any atom is 0.315 e. The van der Waals surface area contributed by atoms with Gasteiger partial charge in [0.25, 0.3) is 0 Å². The summed E-state index contributed by atoms with van der Waals surface area (Å²) in [6, 6.07) is 0. The number of ether oxygens (including phenoxy) is 4. The van der Waals surface area contributed by atoms with Crippen LogP contribution in [-0.4, -0.2) is 72.9 Å². The molecule has 1 saturated heterocycles. The van der Waals surface area contributed by atoms with E-state index < -0.39 is 52.9 Å². The van der Waals surface area contributed by atoms with Crippen LogP contribution in [0.15, 0.2) is 11.6 Å². The Balaban J connectivity index is 1.35. The second kappa shape index (κ2) is 13.4. The van der Waals surface area contributed by atoms with Gasteiger partial charge in [-0.2, -0.15) is 0 Å². The quantitative estimate of drug-likeness (QED) is 0.0951. The number of carboxylic acids is 1. The number of hydrogen-bond donors (Lipinski definition) is 2. The van der Waals surface area contributed by atoms with E-state index in [0.717, 1.165) is 50.4 Å². The van der Waals surface area contributed by atoms with E-state index in [1.165, 1.54) is 26.4 Å². The molecule has 5 aliphatic rings. The van der Waals surface area contributed by atoms with Crippen LogP contribution in [0.5, 0.6) is 0 Å². The molecule has 0 amide bonds. The Hall–Kier alpha value is -1.81. The van der Waals surface area contributed by atoms with Gasteiger partial charge in [0, 0.05) is 18.9 Å². The van der Waals surface area contributed by atoms with Crippen LogP contribution < -0.4 is 0 Å². The first-order valence-electron chi connectivity index (χ1n) is 17.6. The van der Waals surface area contributed by atoms with Gasteiger partial charge in [-0.15, -0.1) is 0 Å². The second-order valence-electron chi connectivity index (χ2n) is 15.1. The van der Waals surface area contributed by atoms with Crippen molar-refractivity contribution in [2.45, 2.75) is 136 Å². The van der Waals surface area contributed by atoms with Crippen LogP contribution in [0.25, 0.3) is 0 Å². The molecule has 45 heavy (non-hydrogen) atoms. The van der Waals surface area contributed by atoms with Crippen molar-refractivity contribution in [2.75, 3.05) is 13.7 Å². The molecule has 0 spiro atoms. The van der Waals surface area contributed by atoms with Crippen LogP contribution in [0.2, 0.25) is 0 Å². The number of aliphatic hydroxyl groups excluding tert-OH is 1. The molecule has 0 aromatic carbocycles. The zero-order chi connectivity index (χ0) is 32.7. The summed E-state index contributed by atoms with van der Waals surface area (Å²) >= 11 is 0. The fourth-order valence-electron chi connectivity index (χ4n) is 11.0. The third kappa shape index (κ3) is 5.05. The number of aliphatic hydroxyl groups is 1. The molecule has 9 nitrogen and oxygen atoms in total. The Labute approximate surface area is 268 Å². The maximum atomic E-state index is 13.7. The molecular weight excluding hydrogens is 576 g/mol. The molecule has 9 heteroatoms. The van der Waals surface area contributed by atoms with Crippen molar-refractivity contribution < 1.29 is 43.5 Å². The summed E-state index contributed by atoms with van der Waals surface area (Å²) in [5.74, 6) is -1.31. The molecular formula is C36H56O9. The Kier molecular flexibility index (Phi) is 10.3. The minimum Gasteiger partial charge on any atom is -0.481 e. The summed E-state index contributed by atoms with van der Waals surface area (Å²) in [6.45, 7) is 10.2. The molecule has 2 N–H and O–H groups in total. The average molecular weight is 633 g/mol. The normalized spacial score (nSPS) is 43.0. The van der Waals surface area contributed by atoms with Crippen molar-refractivity contribution in [1.29, 1.82) is 0 Å². The zero-order valence-electron chi connectivity index (χ0n) is 28.2. The zero-order valence-corrected chi connectivity index (χ0v) is 28.2. The van der Waals surface area contributed by atoms with Gasteiger partial charge in [-0.3, -0.25) is 9.59 Å². The minimum absolute atomic E-state index is 0.00877. The van der Waals surface area contributed by atoms with Crippen molar-refractivity contribution in [1.82, 2.24) is 0 Å². The number of aliphatic carboxylic acids is 1. The van der Waals surface area contributed by atoms with E-state index in [1.807, 2.05) is 13.8 Å². The fraction of sp³-hybridized carbons (Fsp3) is 0.861. The van der Waals surface area contributed by atoms with E-state index in [-0.39, 0.29) is 48.6 Å². The topological polar surface area (TPSA) is 129 Å². The molecule has 12 atom stereocenters. The molecule has 4 fully saturated rings. The first-order valence-corrected chi connectivity index (χ1v) is 17.6. The van der Waals surface area contributed by atoms with Crippen LogP contribution >= 0.6 is 0 Å². The standard InChI is InChI=1S/C36H56O9/c1-7-8-9-10-11-12-13-14-27(38)45-31-29(39)32(44-23(5)30(31)42-6)43-20-35-24-17-26(21(2)3)36(35,33(40)41)34(18-24,19-37)25-16-15-22(4)28(25)35/h17,19,21-25,28-32,39H,7-16,18,20H2,1-6H3,(H,40,41)/t22-,23-,24?,25-,28-,29+,30-,31+,32-,34?,35?,36?/m1/s1. The molecule has 1 aliphatic heterocycles. The third-order valence-corrected chi connectivity index (χ3v) is 12.6. The smallest absolute Gasteiger partial charge is 0.315 e. The summed E-state index contributed by atoms with van der Waals surface area (Å²) < 4.78 is 24.1. The van der Waals surface area contributed by atoms with Gasteiger partial charge in [-0.05, 0) is 55.8 Å². The third-order valence-electron chi connectivity index (χ3n) is 12.6. The predicted octanol–water partition coefficient (Wildman–Crippen LogP) is 5.71. The monoisotopic (exact) mass is 632 g/mol. The number of allylic oxidation sites excluding steroid dienone is 1. The highest BCUT2D eigenvalue weighted by atomic mass is 16.7. The fourth-order valence-corrected chi connectivity index (χ4v) is 11.0.